The molecule has 4 rings (SSSR count). The molecule has 2 aromatic rings. The molecule has 2 heterocycles. The number of methoxy groups -OCH3 is 1. The number of nitrogens with zero attached hydrogens (tertiary/aromatic N) is 3. The van der Waals surface area contributed by atoms with Crippen molar-refractivity contribution in [2.75, 3.05) is 14.2 Å². The maximum atomic E-state index is 12.3. The minimum absolute atomic E-state index is 0.0664. The summed E-state index contributed by atoms with van der Waals surface area (Å²) < 4.78 is 10.7. The normalized spacial score (nSPS) is 25.1. The molecule has 2 unspecified atom stereocenters. The van der Waals surface area contributed by atoms with Crippen molar-refractivity contribution in [2.45, 2.75) is 43.2 Å². The standard InChI is InChI=1S/C18H22N4O3/c1-22-14(23)10-13(15(22)11-4-6-12(24-2)7-5-11)16-20-17(21-25-16)18(19)8-3-9-18/h4-7,13,15H,3,8-10,19H2,1-2H3. The Kier molecular flexibility index (Phi) is 3.76. The van der Waals surface area contributed by atoms with Crippen molar-refractivity contribution in [3.05, 3.63) is 41.5 Å². The van der Waals surface area contributed by atoms with Crippen molar-refractivity contribution < 1.29 is 14.1 Å². The molecule has 0 bridgehead atoms. The molecule has 2 atom stereocenters. The number of rotatable bonds is 4. The summed E-state index contributed by atoms with van der Waals surface area (Å²) in [5.41, 5.74) is 6.84. The molecule has 2 fully saturated rings. The zero-order valence-corrected chi connectivity index (χ0v) is 14.4. The molecule has 1 saturated carbocycles. The molecular weight excluding hydrogens is 320 g/mol. The molecule has 1 amide bonds. The number of ether oxygens (including phenoxy) is 1. The molecule has 0 radical (unpaired) electrons. The average Bonchev–Trinajstić information content (AvgIpc) is 3.19. The Balaban J connectivity index is 1.65. The van der Waals surface area contributed by atoms with Gasteiger partial charge in [0.25, 0.3) is 0 Å². The van der Waals surface area contributed by atoms with Gasteiger partial charge in [0.2, 0.25) is 11.8 Å². The number of hydrogen-bond donors (Lipinski definition) is 1. The first kappa shape index (κ1) is 16.1. The number of benzene rings is 1. The molecule has 1 aromatic carbocycles. The van der Waals surface area contributed by atoms with Crippen LogP contribution in [0.25, 0.3) is 0 Å². The van der Waals surface area contributed by atoms with E-state index >= 15 is 0 Å². The van der Waals surface area contributed by atoms with Crippen LogP contribution in [0, 0.1) is 0 Å². The quantitative estimate of drug-likeness (QED) is 0.914. The van der Waals surface area contributed by atoms with Gasteiger partial charge < -0.3 is 19.9 Å². The maximum absolute atomic E-state index is 12.3. The molecule has 1 aromatic heterocycles. The Bertz CT molecular complexity index is 782. The van der Waals surface area contributed by atoms with Gasteiger partial charge in [-0.3, -0.25) is 4.79 Å². The topological polar surface area (TPSA) is 94.5 Å². The minimum Gasteiger partial charge on any atom is -0.497 e. The lowest BCUT2D eigenvalue weighted by Crippen LogP contribution is -2.44. The van der Waals surface area contributed by atoms with Gasteiger partial charge in [0.15, 0.2) is 5.82 Å². The molecule has 2 N–H and O–H groups in total. The third kappa shape index (κ3) is 2.59. The number of carbonyl (C=O) groups is 1. The summed E-state index contributed by atoms with van der Waals surface area (Å²) in [4.78, 5) is 18.6. The van der Waals surface area contributed by atoms with Gasteiger partial charge in [-0.05, 0) is 37.0 Å². The van der Waals surface area contributed by atoms with Gasteiger partial charge in [-0.2, -0.15) is 4.98 Å². The highest BCUT2D eigenvalue weighted by Gasteiger charge is 2.44. The summed E-state index contributed by atoms with van der Waals surface area (Å²) in [7, 11) is 3.44. The summed E-state index contributed by atoms with van der Waals surface area (Å²) in [6.45, 7) is 0. The number of nitrogens with two attached hydrogens (primary N) is 1. The van der Waals surface area contributed by atoms with Crippen molar-refractivity contribution >= 4 is 5.91 Å². The van der Waals surface area contributed by atoms with E-state index in [0.29, 0.717) is 18.1 Å². The lowest BCUT2D eigenvalue weighted by atomic mass is 9.77. The van der Waals surface area contributed by atoms with E-state index in [1.807, 2.05) is 31.3 Å². The van der Waals surface area contributed by atoms with Crippen LogP contribution >= 0.6 is 0 Å². The number of amides is 1. The van der Waals surface area contributed by atoms with Crippen LogP contribution in [-0.2, 0) is 10.3 Å². The Hall–Kier alpha value is -2.41. The maximum Gasteiger partial charge on any atom is 0.232 e. The highest BCUT2D eigenvalue weighted by molar-refractivity contribution is 5.80. The van der Waals surface area contributed by atoms with E-state index in [1.54, 1.807) is 12.0 Å². The van der Waals surface area contributed by atoms with Gasteiger partial charge in [0.1, 0.15) is 5.75 Å². The first-order chi connectivity index (χ1) is 12.0. The highest BCUT2D eigenvalue weighted by Crippen LogP contribution is 2.44. The van der Waals surface area contributed by atoms with Crippen molar-refractivity contribution in [2.24, 2.45) is 5.73 Å². The second-order valence-electron chi connectivity index (χ2n) is 7.00. The molecule has 1 saturated heterocycles. The van der Waals surface area contributed by atoms with Crippen LogP contribution in [0.15, 0.2) is 28.8 Å². The monoisotopic (exact) mass is 342 g/mol. The first-order valence-electron chi connectivity index (χ1n) is 8.54. The molecule has 0 spiro atoms. The lowest BCUT2D eigenvalue weighted by Gasteiger charge is -2.34. The summed E-state index contributed by atoms with van der Waals surface area (Å²) in [5.74, 6) is 1.73. The summed E-state index contributed by atoms with van der Waals surface area (Å²) in [5, 5.41) is 4.10. The Labute approximate surface area is 146 Å². The van der Waals surface area contributed by atoms with E-state index in [4.69, 9.17) is 15.0 Å². The predicted molar refractivity (Wildman–Crippen MR) is 89.9 cm³/mol. The molecule has 132 valence electrons. The summed E-state index contributed by atoms with van der Waals surface area (Å²) >= 11 is 0. The zero-order chi connectivity index (χ0) is 17.6. The SMILES string of the molecule is COc1ccc(C2C(c3nc(C4(N)CCC4)no3)CC(=O)N2C)cc1. The number of aromatic nitrogens is 2. The molecule has 7 heteroatoms. The fourth-order valence-corrected chi connectivity index (χ4v) is 3.72. The zero-order valence-electron chi connectivity index (χ0n) is 14.4. The molecule has 1 aliphatic carbocycles. The largest absolute Gasteiger partial charge is 0.497 e. The van der Waals surface area contributed by atoms with Crippen molar-refractivity contribution in [3.8, 4) is 5.75 Å². The summed E-state index contributed by atoms with van der Waals surface area (Å²) in [6, 6.07) is 7.59. The smallest absolute Gasteiger partial charge is 0.232 e. The molecule has 7 nitrogen and oxygen atoms in total. The molecule has 25 heavy (non-hydrogen) atoms. The number of likely N-dealkylation sites (N-methyl/N-ethyl adjacent to an activating group) is 1. The fourth-order valence-electron chi connectivity index (χ4n) is 3.72. The van der Waals surface area contributed by atoms with Crippen LogP contribution in [0.3, 0.4) is 0 Å². The van der Waals surface area contributed by atoms with Crippen molar-refractivity contribution in [1.29, 1.82) is 0 Å². The number of carbonyl (C=O) groups excluding carboxylic acids is 1. The second-order valence-corrected chi connectivity index (χ2v) is 7.00. The van der Waals surface area contributed by atoms with Crippen LogP contribution in [0.1, 0.15) is 54.9 Å². The molecular formula is C18H22N4O3. The van der Waals surface area contributed by atoms with Gasteiger partial charge in [-0.1, -0.05) is 17.3 Å². The van der Waals surface area contributed by atoms with Crippen molar-refractivity contribution in [1.82, 2.24) is 15.0 Å². The Morgan fingerprint density at radius 2 is 2.04 bits per heavy atom. The van der Waals surface area contributed by atoms with Crippen LogP contribution in [0.5, 0.6) is 5.75 Å². The van der Waals surface area contributed by atoms with Gasteiger partial charge in [-0.25, -0.2) is 0 Å². The van der Waals surface area contributed by atoms with Gasteiger partial charge in [-0.15, -0.1) is 0 Å². The van der Waals surface area contributed by atoms with Crippen molar-refractivity contribution in [3.63, 3.8) is 0 Å². The highest BCUT2D eigenvalue weighted by atomic mass is 16.5. The fraction of sp³-hybridized carbons (Fsp3) is 0.500. The second kappa shape index (κ2) is 5.84. The lowest BCUT2D eigenvalue weighted by molar-refractivity contribution is -0.127. The van der Waals surface area contributed by atoms with Crippen LogP contribution in [0.4, 0.5) is 0 Å². The van der Waals surface area contributed by atoms with E-state index in [9.17, 15) is 4.79 Å². The van der Waals surface area contributed by atoms with Crippen LogP contribution in [-0.4, -0.2) is 35.1 Å². The van der Waals surface area contributed by atoms with Crippen LogP contribution in [0.2, 0.25) is 0 Å². The summed E-state index contributed by atoms with van der Waals surface area (Å²) in [6.07, 6.45) is 3.18. The average molecular weight is 342 g/mol. The Morgan fingerprint density at radius 3 is 2.64 bits per heavy atom. The number of likely N-dealkylation sites (tertiary alicyclic amines) is 1. The van der Waals surface area contributed by atoms with Gasteiger partial charge in [0, 0.05) is 13.5 Å². The van der Waals surface area contributed by atoms with E-state index in [0.717, 1.165) is 30.6 Å². The van der Waals surface area contributed by atoms with E-state index < -0.39 is 5.54 Å². The first-order valence-corrected chi connectivity index (χ1v) is 8.54. The molecule has 2 aliphatic rings. The number of hydrogen-bond acceptors (Lipinski definition) is 6. The van der Waals surface area contributed by atoms with Gasteiger partial charge in [0.05, 0.1) is 24.6 Å². The minimum atomic E-state index is -0.466. The third-order valence-electron chi connectivity index (χ3n) is 5.49. The molecule has 1 aliphatic heterocycles. The van der Waals surface area contributed by atoms with E-state index in [-0.39, 0.29) is 17.9 Å². The van der Waals surface area contributed by atoms with Gasteiger partial charge >= 0.3 is 0 Å². The van der Waals surface area contributed by atoms with Crippen LogP contribution < -0.4 is 10.5 Å². The Morgan fingerprint density at radius 1 is 1.32 bits per heavy atom. The van der Waals surface area contributed by atoms with E-state index in [2.05, 4.69) is 10.1 Å². The predicted octanol–water partition coefficient (Wildman–Crippen LogP) is 2.10. The van der Waals surface area contributed by atoms with E-state index in [1.165, 1.54) is 0 Å². The third-order valence-corrected chi connectivity index (χ3v) is 5.49.